The summed E-state index contributed by atoms with van der Waals surface area (Å²) in [5.41, 5.74) is 1.91. The molecule has 0 amide bonds. The Bertz CT molecular complexity index is 785. The monoisotopic (exact) mass is 352 g/mol. The van der Waals surface area contributed by atoms with Crippen LogP contribution in [0.2, 0.25) is 5.02 Å². The van der Waals surface area contributed by atoms with Crippen LogP contribution in [0.5, 0.6) is 0 Å². The van der Waals surface area contributed by atoms with Crippen LogP contribution in [0.3, 0.4) is 0 Å². The van der Waals surface area contributed by atoms with Crippen molar-refractivity contribution < 1.29 is 4.79 Å². The molecule has 0 spiro atoms. The fraction of sp³-hybridized carbons (Fsp3) is 0.0952. The van der Waals surface area contributed by atoms with E-state index >= 15 is 0 Å². The van der Waals surface area contributed by atoms with Gasteiger partial charge in [-0.3, -0.25) is 4.79 Å². The number of hydrogen-bond donors (Lipinski definition) is 0. The van der Waals surface area contributed by atoms with Gasteiger partial charge in [-0.1, -0.05) is 72.3 Å². The van der Waals surface area contributed by atoms with Gasteiger partial charge in [-0.2, -0.15) is 0 Å². The predicted octanol–water partition coefficient (Wildman–Crippen LogP) is 6.45. The van der Waals surface area contributed by atoms with Crippen LogP contribution < -0.4 is 0 Å². The molecule has 3 heteroatoms. The highest BCUT2D eigenvalue weighted by molar-refractivity contribution is 7.99. The second kappa shape index (κ2) is 8.18. The van der Waals surface area contributed by atoms with E-state index in [9.17, 15) is 4.79 Å². The molecular weight excluding hydrogens is 336 g/mol. The first kappa shape index (κ1) is 16.8. The molecule has 120 valence electrons. The van der Waals surface area contributed by atoms with Crippen molar-refractivity contribution >= 4 is 29.1 Å². The fourth-order valence-electron chi connectivity index (χ4n) is 2.48. The van der Waals surface area contributed by atoms with E-state index in [0.717, 1.165) is 21.0 Å². The third-order valence-electron chi connectivity index (χ3n) is 3.73. The Morgan fingerprint density at radius 1 is 0.833 bits per heavy atom. The van der Waals surface area contributed by atoms with Crippen LogP contribution in [0.4, 0.5) is 0 Å². The number of benzene rings is 3. The summed E-state index contributed by atoms with van der Waals surface area (Å²) in [6.07, 6.45) is 0.460. The predicted molar refractivity (Wildman–Crippen MR) is 102 cm³/mol. The Hall–Kier alpha value is -2.03. The van der Waals surface area contributed by atoms with Gasteiger partial charge in [-0.25, -0.2) is 0 Å². The van der Waals surface area contributed by atoms with E-state index in [1.165, 1.54) is 0 Å². The van der Waals surface area contributed by atoms with Crippen molar-refractivity contribution in [3.63, 3.8) is 0 Å². The Morgan fingerprint density at radius 2 is 1.42 bits per heavy atom. The van der Waals surface area contributed by atoms with Crippen LogP contribution in [0.1, 0.15) is 27.6 Å². The number of rotatable bonds is 6. The number of halogens is 1. The first-order valence-electron chi connectivity index (χ1n) is 7.78. The summed E-state index contributed by atoms with van der Waals surface area (Å²) in [4.78, 5) is 13.7. The third kappa shape index (κ3) is 4.50. The van der Waals surface area contributed by atoms with Gasteiger partial charge in [0.15, 0.2) is 5.78 Å². The van der Waals surface area contributed by atoms with Gasteiger partial charge in [0.05, 0.1) is 0 Å². The molecule has 0 N–H and O–H groups in total. The van der Waals surface area contributed by atoms with E-state index in [1.807, 2.05) is 72.8 Å². The first-order valence-corrected chi connectivity index (χ1v) is 9.03. The molecule has 0 bridgehead atoms. The van der Waals surface area contributed by atoms with Crippen LogP contribution >= 0.6 is 23.4 Å². The van der Waals surface area contributed by atoms with Crippen molar-refractivity contribution in [2.24, 2.45) is 0 Å². The van der Waals surface area contributed by atoms with E-state index in [1.54, 1.807) is 11.8 Å². The average Bonchev–Trinajstić information content (AvgIpc) is 2.64. The summed E-state index contributed by atoms with van der Waals surface area (Å²) >= 11 is 7.66. The van der Waals surface area contributed by atoms with Gasteiger partial charge in [0.1, 0.15) is 0 Å². The molecule has 0 fully saturated rings. The Labute approximate surface area is 151 Å². The molecule has 24 heavy (non-hydrogen) atoms. The molecule has 1 nitrogen and oxygen atoms in total. The third-order valence-corrected chi connectivity index (χ3v) is 5.25. The second-order valence-electron chi connectivity index (χ2n) is 5.46. The lowest BCUT2D eigenvalue weighted by molar-refractivity contribution is 0.0982. The van der Waals surface area contributed by atoms with Gasteiger partial charge < -0.3 is 0 Å². The van der Waals surface area contributed by atoms with Gasteiger partial charge in [-0.05, 0) is 29.8 Å². The number of thioether (sulfide) groups is 1. The highest BCUT2D eigenvalue weighted by Gasteiger charge is 2.18. The molecule has 0 aliphatic carbocycles. The molecule has 0 aliphatic heterocycles. The average molecular weight is 353 g/mol. The van der Waals surface area contributed by atoms with Crippen molar-refractivity contribution in [3.05, 3.63) is 101 Å². The van der Waals surface area contributed by atoms with Gasteiger partial charge in [-0.15, -0.1) is 11.8 Å². The molecule has 0 aromatic heterocycles. The maximum atomic E-state index is 12.6. The smallest absolute Gasteiger partial charge is 0.164 e. The van der Waals surface area contributed by atoms with Crippen LogP contribution in [-0.2, 0) is 0 Å². The molecule has 3 aromatic carbocycles. The lowest BCUT2D eigenvalue weighted by Crippen LogP contribution is -2.05. The largest absolute Gasteiger partial charge is 0.294 e. The summed E-state index contributed by atoms with van der Waals surface area (Å²) in [7, 11) is 0. The second-order valence-corrected chi connectivity index (χ2v) is 7.18. The van der Waals surface area contributed by atoms with Crippen LogP contribution in [0.15, 0.2) is 89.8 Å². The van der Waals surface area contributed by atoms with E-state index < -0.39 is 0 Å². The molecule has 0 aliphatic rings. The molecule has 0 saturated heterocycles. The molecule has 0 heterocycles. The number of carbonyl (C=O) groups excluding carboxylic acids is 1. The summed E-state index contributed by atoms with van der Waals surface area (Å²) in [6, 6.07) is 27.4. The van der Waals surface area contributed by atoms with Crippen molar-refractivity contribution in [2.75, 3.05) is 0 Å². The quantitative estimate of drug-likeness (QED) is 0.374. The Kier molecular flexibility index (Phi) is 5.73. The fourth-order valence-corrected chi connectivity index (χ4v) is 3.76. The zero-order valence-corrected chi connectivity index (χ0v) is 14.6. The number of hydrogen-bond acceptors (Lipinski definition) is 2. The van der Waals surface area contributed by atoms with Crippen LogP contribution in [0, 0.1) is 0 Å². The number of carbonyl (C=O) groups is 1. The van der Waals surface area contributed by atoms with E-state index in [2.05, 4.69) is 12.1 Å². The lowest BCUT2D eigenvalue weighted by Gasteiger charge is -2.17. The highest BCUT2D eigenvalue weighted by Crippen LogP contribution is 2.38. The molecule has 1 atom stereocenters. The first-order chi connectivity index (χ1) is 11.7. The zero-order valence-electron chi connectivity index (χ0n) is 13.1. The summed E-state index contributed by atoms with van der Waals surface area (Å²) in [5, 5.41) is 0.788. The van der Waals surface area contributed by atoms with E-state index in [4.69, 9.17) is 11.6 Å². The molecule has 0 radical (unpaired) electrons. The van der Waals surface area contributed by atoms with Gasteiger partial charge >= 0.3 is 0 Å². The SMILES string of the molecule is O=C(C[C@H](Sc1ccc(Cl)cc1)c1ccccc1)c1ccccc1. The minimum atomic E-state index is 0.0695. The molecular formula is C21H17ClOS. The van der Waals surface area contributed by atoms with E-state index in [-0.39, 0.29) is 11.0 Å². The molecule has 0 unspecified atom stereocenters. The maximum absolute atomic E-state index is 12.6. The maximum Gasteiger partial charge on any atom is 0.164 e. The summed E-state index contributed by atoms with van der Waals surface area (Å²) < 4.78 is 0. The number of Topliss-reactive ketones (excluding diaryl/α,β-unsaturated/α-hetero) is 1. The normalized spacial score (nSPS) is 11.9. The van der Waals surface area contributed by atoms with Crippen molar-refractivity contribution in [1.82, 2.24) is 0 Å². The standard InChI is InChI=1S/C21H17ClOS/c22-18-11-13-19(14-12-18)24-21(17-9-5-2-6-10-17)15-20(23)16-7-3-1-4-8-16/h1-14,21H,15H2/t21-/m0/s1. The van der Waals surface area contributed by atoms with Crippen molar-refractivity contribution in [2.45, 2.75) is 16.6 Å². The molecule has 0 saturated carbocycles. The Balaban J connectivity index is 1.82. The topological polar surface area (TPSA) is 17.1 Å². The van der Waals surface area contributed by atoms with E-state index in [0.29, 0.717) is 6.42 Å². The van der Waals surface area contributed by atoms with Gasteiger partial charge in [0.25, 0.3) is 0 Å². The minimum Gasteiger partial charge on any atom is -0.294 e. The Morgan fingerprint density at radius 3 is 2.04 bits per heavy atom. The van der Waals surface area contributed by atoms with Gasteiger partial charge in [0.2, 0.25) is 0 Å². The van der Waals surface area contributed by atoms with Crippen molar-refractivity contribution in [1.29, 1.82) is 0 Å². The van der Waals surface area contributed by atoms with Gasteiger partial charge in [0, 0.05) is 27.2 Å². The summed E-state index contributed by atoms with van der Waals surface area (Å²) in [5.74, 6) is 0.158. The number of ketones is 1. The molecule has 3 rings (SSSR count). The summed E-state index contributed by atoms with van der Waals surface area (Å²) in [6.45, 7) is 0. The van der Waals surface area contributed by atoms with Crippen LogP contribution in [-0.4, -0.2) is 5.78 Å². The molecule has 3 aromatic rings. The van der Waals surface area contributed by atoms with Crippen molar-refractivity contribution in [3.8, 4) is 0 Å². The lowest BCUT2D eigenvalue weighted by atomic mass is 10.0. The minimum absolute atomic E-state index is 0.0695. The zero-order chi connectivity index (χ0) is 16.8. The van der Waals surface area contributed by atoms with Crippen LogP contribution in [0.25, 0.3) is 0 Å². The highest BCUT2D eigenvalue weighted by atomic mass is 35.5.